The first-order chi connectivity index (χ1) is 12.4. The van der Waals surface area contributed by atoms with Crippen molar-refractivity contribution in [1.82, 2.24) is 15.5 Å². The maximum absolute atomic E-state index is 10.7. The van der Waals surface area contributed by atoms with E-state index >= 15 is 0 Å². The first-order valence-electron chi connectivity index (χ1n) is 8.94. The standard InChI is InChI=1S/C20H30N4OS.HI/c1-5-21-19(22-14-17(24(3)4)18-12-9-13-26-18)23-15-20(2,25)16-10-7-6-8-11-16;/h6-13,17,25H,5,14-15H2,1-4H3,(H2,21,22,23);1H. The third-order valence-corrected chi connectivity index (χ3v) is 5.22. The Bertz CT molecular complexity index is 675. The van der Waals surface area contributed by atoms with E-state index < -0.39 is 5.60 Å². The SMILES string of the molecule is CCNC(=NCC(C)(O)c1ccccc1)NCC(c1cccs1)N(C)C.I. The Morgan fingerprint density at radius 2 is 1.89 bits per heavy atom. The van der Waals surface area contributed by atoms with Gasteiger partial charge in [-0.25, -0.2) is 4.99 Å². The number of halogens is 1. The van der Waals surface area contributed by atoms with E-state index in [0.717, 1.165) is 18.7 Å². The monoisotopic (exact) mass is 502 g/mol. The van der Waals surface area contributed by atoms with Gasteiger partial charge in [-0.2, -0.15) is 0 Å². The van der Waals surface area contributed by atoms with Gasteiger partial charge in [0, 0.05) is 18.0 Å². The third-order valence-electron chi connectivity index (χ3n) is 4.24. The maximum Gasteiger partial charge on any atom is 0.191 e. The molecular formula is C20H31IN4OS. The molecule has 2 rings (SSSR count). The molecule has 7 heteroatoms. The molecule has 1 aromatic carbocycles. The van der Waals surface area contributed by atoms with Gasteiger partial charge in [0.15, 0.2) is 5.96 Å². The van der Waals surface area contributed by atoms with E-state index in [0.29, 0.717) is 5.96 Å². The molecule has 3 N–H and O–H groups in total. The summed E-state index contributed by atoms with van der Waals surface area (Å²) in [5.74, 6) is 0.715. The molecule has 1 aromatic heterocycles. The number of nitrogens with zero attached hydrogens (tertiary/aromatic N) is 2. The van der Waals surface area contributed by atoms with E-state index in [4.69, 9.17) is 0 Å². The second kappa shape index (κ2) is 11.6. The lowest BCUT2D eigenvalue weighted by Crippen LogP contribution is -2.42. The Morgan fingerprint density at radius 3 is 2.44 bits per heavy atom. The van der Waals surface area contributed by atoms with E-state index in [9.17, 15) is 5.11 Å². The zero-order valence-electron chi connectivity index (χ0n) is 16.5. The van der Waals surface area contributed by atoms with Crippen LogP contribution in [0.1, 0.15) is 30.3 Å². The fraction of sp³-hybridized carbons (Fsp3) is 0.450. The highest BCUT2D eigenvalue weighted by Crippen LogP contribution is 2.22. The summed E-state index contributed by atoms with van der Waals surface area (Å²) in [5, 5.41) is 19.5. The Hall–Kier alpha value is -1.16. The Morgan fingerprint density at radius 1 is 1.19 bits per heavy atom. The van der Waals surface area contributed by atoms with Crippen molar-refractivity contribution in [1.29, 1.82) is 0 Å². The summed E-state index contributed by atoms with van der Waals surface area (Å²) in [6.07, 6.45) is 0. The van der Waals surface area contributed by atoms with Crippen molar-refractivity contribution in [2.45, 2.75) is 25.5 Å². The molecule has 0 aliphatic heterocycles. The molecule has 0 bridgehead atoms. The fourth-order valence-corrected chi connectivity index (χ4v) is 3.60. The number of thiophene rings is 1. The Labute approximate surface area is 183 Å². The van der Waals surface area contributed by atoms with Crippen molar-refractivity contribution >= 4 is 41.3 Å². The highest BCUT2D eigenvalue weighted by molar-refractivity contribution is 14.0. The van der Waals surface area contributed by atoms with Gasteiger partial charge < -0.3 is 20.6 Å². The molecule has 0 amide bonds. The largest absolute Gasteiger partial charge is 0.384 e. The predicted octanol–water partition coefficient (Wildman–Crippen LogP) is 3.43. The van der Waals surface area contributed by atoms with Gasteiger partial charge in [0.1, 0.15) is 5.60 Å². The van der Waals surface area contributed by atoms with Crippen LogP contribution >= 0.6 is 35.3 Å². The zero-order valence-corrected chi connectivity index (χ0v) is 19.6. The number of hydrogen-bond acceptors (Lipinski definition) is 4. The molecular weight excluding hydrogens is 471 g/mol. The average Bonchev–Trinajstić information content (AvgIpc) is 3.14. The van der Waals surface area contributed by atoms with Crippen LogP contribution in [-0.4, -0.2) is 49.7 Å². The van der Waals surface area contributed by atoms with Gasteiger partial charge in [-0.15, -0.1) is 35.3 Å². The molecule has 0 spiro atoms. The fourth-order valence-electron chi connectivity index (χ4n) is 2.68. The van der Waals surface area contributed by atoms with Crippen LogP contribution < -0.4 is 10.6 Å². The van der Waals surface area contributed by atoms with E-state index in [2.05, 4.69) is 52.1 Å². The van der Waals surface area contributed by atoms with Gasteiger partial charge in [0.05, 0.1) is 12.6 Å². The van der Waals surface area contributed by atoms with Crippen LogP contribution in [0.4, 0.5) is 0 Å². The third kappa shape index (κ3) is 7.40. The predicted molar refractivity (Wildman–Crippen MR) is 126 cm³/mol. The molecule has 0 aliphatic carbocycles. The van der Waals surface area contributed by atoms with Gasteiger partial charge in [-0.3, -0.25) is 0 Å². The molecule has 5 nitrogen and oxygen atoms in total. The van der Waals surface area contributed by atoms with Crippen molar-refractivity contribution < 1.29 is 5.11 Å². The highest BCUT2D eigenvalue weighted by Gasteiger charge is 2.23. The summed E-state index contributed by atoms with van der Waals surface area (Å²) in [6, 6.07) is 14.2. The minimum atomic E-state index is -1.00. The lowest BCUT2D eigenvalue weighted by molar-refractivity contribution is 0.0672. The van der Waals surface area contributed by atoms with E-state index in [1.165, 1.54) is 4.88 Å². The minimum absolute atomic E-state index is 0. The van der Waals surface area contributed by atoms with Crippen LogP contribution in [0.2, 0.25) is 0 Å². The molecule has 0 saturated heterocycles. The molecule has 0 radical (unpaired) electrons. The number of guanidine groups is 1. The van der Waals surface area contributed by atoms with Crippen molar-refractivity contribution in [2.24, 2.45) is 4.99 Å². The maximum atomic E-state index is 10.7. The summed E-state index contributed by atoms with van der Waals surface area (Å²) in [4.78, 5) is 8.11. The van der Waals surface area contributed by atoms with Gasteiger partial charge in [-0.1, -0.05) is 36.4 Å². The molecule has 2 unspecified atom stereocenters. The molecule has 150 valence electrons. The second-order valence-electron chi connectivity index (χ2n) is 6.71. The number of benzene rings is 1. The summed E-state index contributed by atoms with van der Waals surface area (Å²) in [5.41, 5.74) is -0.137. The topological polar surface area (TPSA) is 59.9 Å². The van der Waals surface area contributed by atoms with Gasteiger partial charge in [-0.05, 0) is 45.0 Å². The molecule has 2 aromatic rings. The van der Waals surface area contributed by atoms with Crippen LogP contribution in [-0.2, 0) is 5.60 Å². The number of aliphatic imine (C=N–C) groups is 1. The van der Waals surface area contributed by atoms with Crippen molar-refractivity contribution in [2.75, 3.05) is 33.7 Å². The quantitative estimate of drug-likeness (QED) is 0.294. The lowest BCUT2D eigenvalue weighted by atomic mass is 9.96. The number of nitrogens with one attached hydrogen (secondary N) is 2. The van der Waals surface area contributed by atoms with Gasteiger partial charge in [0.2, 0.25) is 0 Å². The second-order valence-corrected chi connectivity index (χ2v) is 7.69. The number of likely N-dealkylation sites (N-methyl/N-ethyl adjacent to an activating group) is 1. The number of rotatable bonds is 8. The van der Waals surface area contributed by atoms with Crippen molar-refractivity contribution in [3.05, 3.63) is 58.3 Å². The van der Waals surface area contributed by atoms with E-state index in [1.807, 2.05) is 37.3 Å². The van der Waals surface area contributed by atoms with Crippen LogP contribution in [0.5, 0.6) is 0 Å². The number of aliphatic hydroxyl groups is 1. The van der Waals surface area contributed by atoms with E-state index in [1.54, 1.807) is 18.3 Å². The summed E-state index contributed by atoms with van der Waals surface area (Å²) >= 11 is 1.76. The van der Waals surface area contributed by atoms with Crippen molar-refractivity contribution in [3.63, 3.8) is 0 Å². The molecule has 0 aliphatic rings. The lowest BCUT2D eigenvalue weighted by Gasteiger charge is -2.25. The Balaban J connectivity index is 0.00000364. The van der Waals surface area contributed by atoms with Crippen LogP contribution in [0.15, 0.2) is 52.8 Å². The van der Waals surface area contributed by atoms with Gasteiger partial charge >= 0.3 is 0 Å². The van der Waals surface area contributed by atoms with Crippen LogP contribution in [0.3, 0.4) is 0 Å². The van der Waals surface area contributed by atoms with Crippen LogP contribution in [0, 0.1) is 0 Å². The summed E-state index contributed by atoms with van der Waals surface area (Å²) in [6.45, 7) is 5.63. The van der Waals surface area contributed by atoms with Gasteiger partial charge in [0.25, 0.3) is 0 Å². The Kier molecular flexibility index (Phi) is 10.3. The molecule has 0 fully saturated rings. The normalized spacial score (nSPS) is 15.0. The molecule has 2 atom stereocenters. The summed E-state index contributed by atoms with van der Waals surface area (Å²) in [7, 11) is 4.16. The first-order valence-corrected chi connectivity index (χ1v) is 9.82. The highest BCUT2D eigenvalue weighted by atomic mass is 127. The zero-order chi connectivity index (χ0) is 19.0. The van der Waals surface area contributed by atoms with Crippen molar-refractivity contribution in [3.8, 4) is 0 Å². The minimum Gasteiger partial charge on any atom is -0.384 e. The average molecular weight is 502 g/mol. The molecule has 1 heterocycles. The summed E-state index contributed by atoms with van der Waals surface area (Å²) < 4.78 is 0. The first kappa shape index (κ1) is 23.9. The molecule has 0 saturated carbocycles. The molecule has 27 heavy (non-hydrogen) atoms. The number of hydrogen-bond donors (Lipinski definition) is 3. The van der Waals surface area contributed by atoms with Crippen LogP contribution in [0.25, 0.3) is 0 Å². The van der Waals surface area contributed by atoms with E-state index in [-0.39, 0.29) is 36.6 Å². The smallest absolute Gasteiger partial charge is 0.191 e.